The number of anilines is 1. The molecule has 0 aliphatic heterocycles. The summed E-state index contributed by atoms with van der Waals surface area (Å²) >= 11 is 0. The molecule has 148 valence electrons. The number of pyridine rings is 1. The third kappa shape index (κ3) is 4.09. The van der Waals surface area contributed by atoms with E-state index in [1.807, 2.05) is 0 Å². The molecular formula is C23H28FN3O. The fourth-order valence-electron chi connectivity index (χ4n) is 3.26. The summed E-state index contributed by atoms with van der Waals surface area (Å²) in [6.45, 7) is 7.92. The van der Waals surface area contributed by atoms with Gasteiger partial charge < -0.3 is 15.8 Å². The highest BCUT2D eigenvalue weighted by Gasteiger charge is 2.18. The molecule has 3 rings (SSSR count). The van der Waals surface area contributed by atoms with Crippen LogP contribution in [0.4, 0.5) is 10.2 Å². The van der Waals surface area contributed by atoms with Gasteiger partial charge in [-0.05, 0) is 53.6 Å². The molecule has 0 aliphatic rings. The van der Waals surface area contributed by atoms with Gasteiger partial charge in [0, 0.05) is 29.3 Å². The molecule has 0 aliphatic carbocycles. The van der Waals surface area contributed by atoms with Crippen molar-refractivity contribution in [1.82, 2.24) is 4.98 Å². The van der Waals surface area contributed by atoms with Gasteiger partial charge in [-0.15, -0.1) is 0 Å². The minimum atomic E-state index is -0.305. The molecule has 1 aromatic heterocycles. The summed E-state index contributed by atoms with van der Waals surface area (Å²) < 4.78 is 19.4. The van der Waals surface area contributed by atoms with Crippen LogP contribution in [-0.4, -0.2) is 25.2 Å². The number of aromatic nitrogens is 1. The Balaban J connectivity index is 2.23. The van der Waals surface area contributed by atoms with Gasteiger partial charge in [0.05, 0.1) is 7.11 Å². The van der Waals surface area contributed by atoms with Crippen molar-refractivity contribution in [2.45, 2.75) is 32.6 Å². The highest BCUT2D eigenvalue weighted by Crippen LogP contribution is 2.38. The molecule has 0 saturated carbocycles. The van der Waals surface area contributed by atoms with Crippen LogP contribution >= 0.6 is 0 Å². The van der Waals surface area contributed by atoms with E-state index in [1.165, 1.54) is 17.7 Å². The van der Waals surface area contributed by atoms with Crippen molar-refractivity contribution in [3.63, 3.8) is 0 Å². The van der Waals surface area contributed by atoms with Crippen LogP contribution in [0.1, 0.15) is 32.8 Å². The lowest BCUT2D eigenvalue weighted by Gasteiger charge is -2.21. The highest BCUT2D eigenvalue weighted by molar-refractivity contribution is 6.03. The van der Waals surface area contributed by atoms with Gasteiger partial charge in [-0.25, -0.2) is 9.37 Å². The first kappa shape index (κ1) is 20.1. The Labute approximate surface area is 165 Å². The van der Waals surface area contributed by atoms with E-state index in [0.717, 1.165) is 35.1 Å². The lowest BCUT2D eigenvalue weighted by atomic mass is 9.85. The lowest BCUT2D eigenvalue weighted by molar-refractivity contribution is 0.415. The van der Waals surface area contributed by atoms with Crippen molar-refractivity contribution in [3.05, 3.63) is 54.0 Å². The molecule has 5 heteroatoms. The second kappa shape index (κ2) is 8.15. The Kier molecular flexibility index (Phi) is 5.84. The van der Waals surface area contributed by atoms with E-state index in [0.29, 0.717) is 17.9 Å². The quantitative estimate of drug-likeness (QED) is 0.583. The molecule has 0 amide bonds. The Hall–Kier alpha value is -2.66. The van der Waals surface area contributed by atoms with Gasteiger partial charge in [-0.1, -0.05) is 32.9 Å². The average Bonchev–Trinajstić information content (AvgIpc) is 2.67. The van der Waals surface area contributed by atoms with Gasteiger partial charge in [-0.2, -0.15) is 0 Å². The number of nitrogens with zero attached hydrogens (tertiary/aromatic N) is 1. The summed E-state index contributed by atoms with van der Waals surface area (Å²) in [6.07, 6.45) is 2.64. The first-order valence-electron chi connectivity index (χ1n) is 9.56. The minimum absolute atomic E-state index is 0.00919. The Morgan fingerprint density at radius 1 is 1.07 bits per heavy atom. The lowest BCUT2D eigenvalue weighted by Crippen LogP contribution is -2.12. The minimum Gasteiger partial charge on any atom is -0.496 e. The number of rotatable bonds is 6. The van der Waals surface area contributed by atoms with Crippen LogP contribution in [0.5, 0.6) is 5.75 Å². The summed E-state index contributed by atoms with van der Waals surface area (Å²) in [5, 5.41) is 5.40. The van der Waals surface area contributed by atoms with Crippen molar-refractivity contribution in [2.75, 3.05) is 25.5 Å². The Morgan fingerprint density at radius 3 is 2.54 bits per heavy atom. The fraction of sp³-hybridized carbons (Fsp3) is 0.348. The van der Waals surface area contributed by atoms with Gasteiger partial charge in [0.1, 0.15) is 17.4 Å². The van der Waals surface area contributed by atoms with Gasteiger partial charge >= 0.3 is 0 Å². The summed E-state index contributed by atoms with van der Waals surface area (Å²) in [6, 6.07) is 10.9. The molecule has 28 heavy (non-hydrogen) atoms. The molecule has 3 aromatic rings. The molecule has 0 bridgehead atoms. The number of hydrogen-bond donors (Lipinski definition) is 2. The molecule has 2 aromatic carbocycles. The number of nitrogens with two attached hydrogens (primary N) is 1. The summed E-state index contributed by atoms with van der Waals surface area (Å²) in [5.41, 5.74) is 8.38. The molecule has 3 N–H and O–H groups in total. The average molecular weight is 381 g/mol. The second-order valence-corrected chi connectivity index (χ2v) is 7.94. The van der Waals surface area contributed by atoms with Gasteiger partial charge in [0.2, 0.25) is 0 Å². The van der Waals surface area contributed by atoms with Crippen LogP contribution in [0.25, 0.3) is 21.9 Å². The van der Waals surface area contributed by atoms with E-state index >= 15 is 0 Å². The number of nitrogens with one attached hydrogen (secondary N) is 1. The Morgan fingerprint density at radius 2 is 1.86 bits per heavy atom. The van der Waals surface area contributed by atoms with E-state index in [-0.39, 0.29) is 11.2 Å². The van der Waals surface area contributed by atoms with Crippen LogP contribution in [0.2, 0.25) is 0 Å². The maximum atomic E-state index is 14.0. The maximum absolute atomic E-state index is 14.0. The molecule has 1 heterocycles. The fourth-order valence-corrected chi connectivity index (χ4v) is 3.26. The SMILES string of the molecule is COc1ccc(F)cc1-c1cnc(NCCCN)c2cc(C(C)(C)C)ccc12. The van der Waals surface area contributed by atoms with Gasteiger partial charge in [-0.3, -0.25) is 0 Å². The second-order valence-electron chi connectivity index (χ2n) is 7.94. The van der Waals surface area contributed by atoms with E-state index in [4.69, 9.17) is 10.5 Å². The molecular weight excluding hydrogens is 353 g/mol. The normalized spacial score (nSPS) is 11.6. The molecule has 0 atom stereocenters. The molecule has 0 unspecified atom stereocenters. The van der Waals surface area contributed by atoms with Crippen molar-refractivity contribution in [2.24, 2.45) is 5.73 Å². The van der Waals surface area contributed by atoms with Crippen LogP contribution in [0.3, 0.4) is 0 Å². The van der Waals surface area contributed by atoms with Crippen LogP contribution in [0.15, 0.2) is 42.6 Å². The van der Waals surface area contributed by atoms with Crippen molar-refractivity contribution >= 4 is 16.6 Å². The zero-order valence-electron chi connectivity index (χ0n) is 17.0. The number of methoxy groups -OCH3 is 1. The van der Waals surface area contributed by atoms with Crippen LogP contribution < -0.4 is 15.8 Å². The smallest absolute Gasteiger partial charge is 0.133 e. The summed E-state index contributed by atoms with van der Waals surface area (Å²) in [7, 11) is 1.59. The van der Waals surface area contributed by atoms with E-state index in [9.17, 15) is 4.39 Å². The molecule has 4 nitrogen and oxygen atoms in total. The molecule has 0 fully saturated rings. The van der Waals surface area contributed by atoms with E-state index in [1.54, 1.807) is 19.4 Å². The van der Waals surface area contributed by atoms with Crippen molar-refractivity contribution < 1.29 is 9.13 Å². The molecule has 0 spiro atoms. The first-order chi connectivity index (χ1) is 13.3. The van der Waals surface area contributed by atoms with Crippen LogP contribution in [0, 0.1) is 5.82 Å². The standard InChI is InChI=1S/C23H28FN3O/c1-23(2,3)15-6-8-17-19(12-15)22(26-11-5-10-25)27-14-20(17)18-13-16(24)7-9-21(18)28-4/h6-9,12-14H,5,10-11,25H2,1-4H3,(H,26,27). The van der Waals surface area contributed by atoms with Crippen LogP contribution in [-0.2, 0) is 5.41 Å². The largest absolute Gasteiger partial charge is 0.496 e. The first-order valence-corrected chi connectivity index (χ1v) is 9.56. The van der Waals surface area contributed by atoms with Crippen molar-refractivity contribution in [1.29, 1.82) is 0 Å². The zero-order chi connectivity index (χ0) is 20.3. The monoisotopic (exact) mass is 381 g/mol. The maximum Gasteiger partial charge on any atom is 0.133 e. The number of hydrogen-bond acceptors (Lipinski definition) is 4. The topological polar surface area (TPSA) is 60.2 Å². The van der Waals surface area contributed by atoms with E-state index in [2.05, 4.69) is 49.3 Å². The Bertz CT molecular complexity index is 979. The summed E-state index contributed by atoms with van der Waals surface area (Å²) in [5.74, 6) is 1.13. The predicted octanol–water partition coefficient (Wildman–Crippen LogP) is 5.11. The van der Waals surface area contributed by atoms with E-state index < -0.39 is 0 Å². The predicted molar refractivity (Wildman–Crippen MR) is 115 cm³/mol. The third-order valence-electron chi connectivity index (χ3n) is 4.88. The molecule has 0 saturated heterocycles. The number of fused-ring (bicyclic) bond motifs is 1. The number of halogens is 1. The van der Waals surface area contributed by atoms with Gasteiger partial charge in [0.25, 0.3) is 0 Å². The zero-order valence-corrected chi connectivity index (χ0v) is 17.0. The number of benzene rings is 2. The summed E-state index contributed by atoms with van der Waals surface area (Å²) in [4.78, 5) is 4.65. The molecule has 0 radical (unpaired) electrons. The highest BCUT2D eigenvalue weighted by atomic mass is 19.1. The number of ether oxygens (including phenoxy) is 1. The third-order valence-corrected chi connectivity index (χ3v) is 4.88. The van der Waals surface area contributed by atoms with Gasteiger partial charge in [0.15, 0.2) is 0 Å². The van der Waals surface area contributed by atoms with Crippen molar-refractivity contribution in [3.8, 4) is 16.9 Å².